The molecule has 0 amide bonds. The lowest BCUT2D eigenvalue weighted by Crippen LogP contribution is -1.97. The average Bonchev–Trinajstić information content (AvgIpc) is 3.32. The average molecular weight is 459 g/mol. The maximum absolute atomic E-state index is 6.55. The van der Waals surface area contributed by atoms with Gasteiger partial charge in [-0.25, -0.2) is 0 Å². The van der Waals surface area contributed by atoms with Crippen molar-refractivity contribution in [2.75, 3.05) is 0 Å². The number of pyridine rings is 1. The van der Waals surface area contributed by atoms with E-state index in [9.17, 15) is 0 Å². The number of rotatable bonds is 4. The van der Waals surface area contributed by atoms with Gasteiger partial charge in [-0.3, -0.25) is 4.98 Å². The summed E-state index contributed by atoms with van der Waals surface area (Å²) in [6.45, 7) is 0. The molecular formula is C29H19ClN4. The number of aromatic nitrogens is 4. The van der Waals surface area contributed by atoms with Crippen LogP contribution >= 0.6 is 11.6 Å². The lowest BCUT2D eigenvalue weighted by atomic mass is 10.0. The van der Waals surface area contributed by atoms with Crippen LogP contribution in [0.15, 0.2) is 116 Å². The molecule has 0 saturated carbocycles. The molecule has 0 saturated heterocycles. The molecule has 6 rings (SSSR count). The van der Waals surface area contributed by atoms with Crippen LogP contribution in [0.1, 0.15) is 0 Å². The van der Waals surface area contributed by atoms with Gasteiger partial charge in [0, 0.05) is 18.0 Å². The highest BCUT2D eigenvalue weighted by Crippen LogP contribution is 2.31. The van der Waals surface area contributed by atoms with Crippen molar-refractivity contribution < 1.29 is 0 Å². The first-order valence-electron chi connectivity index (χ1n) is 11.0. The predicted octanol–water partition coefficient (Wildman–Crippen LogP) is 7.47. The Morgan fingerprint density at radius 3 is 1.79 bits per heavy atom. The Labute approximate surface area is 202 Å². The first kappa shape index (κ1) is 20.3. The van der Waals surface area contributed by atoms with Gasteiger partial charge in [-0.1, -0.05) is 84.4 Å². The van der Waals surface area contributed by atoms with E-state index >= 15 is 0 Å². The van der Waals surface area contributed by atoms with Gasteiger partial charge in [-0.05, 0) is 58.1 Å². The van der Waals surface area contributed by atoms with Crippen molar-refractivity contribution in [3.05, 3.63) is 121 Å². The van der Waals surface area contributed by atoms with Gasteiger partial charge in [-0.2, -0.15) is 4.80 Å². The Morgan fingerprint density at radius 1 is 0.559 bits per heavy atom. The topological polar surface area (TPSA) is 43.6 Å². The highest BCUT2D eigenvalue weighted by atomic mass is 35.5. The van der Waals surface area contributed by atoms with E-state index in [2.05, 4.69) is 52.5 Å². The van der Waals surface area contributed by atoms with Gasteiger partial charge >= 0.3 is 0 Å². The van der Waals surface area contributed by atoms with Crippen LogP contribution in [-0.4, -0.2) is 20.0 Å². The highest BCUT2D eigenvalue weighted by molar-refractivity contribution is 6.34. The van der Waals surface area contributed by atoms with Crippen LogP contribution in [0.3, 0.4) is 0 Å². The Balaban J connectivity index is 1.29. The molecule has 0 spiro atoms. The maximum atomic E-state index is 6.55. The molecule has 5 heteroatoms. The minimum atomic E-state index is 0.663. The van der Waals surface area contributed by atoms with E-state index in [-0.39, 0.29) is 0 Å². The molecule has 2 heterocycles. The van der Waals surface area contributed by atoms with Crippen molar-refractivity contribution in [2.45, 2.75) is 0 Å². The van der Waals surface area contributed by atoms with Crippen LogP contribution in [0, 0.1) is 0 Å². The van der Waals surface area contributed by atoms with Crippen molar-refractivity contribution >= 4 is 22.6 Å². The molecule has 0 N–H and O–H groups in total. The first-order valence-corrected chi connectivity index (χ1v) is 11.4. The number of halogens is 1. The van der Waals surface area contributed by atoms with E-state index in [4.69, 9.17) is 16.7 Å². The monoisotopic (exact) mass is 458 g/mol. The third kappa shape index (κ3) is 3.85. The quantitative estimate of drug-likeness (QED) is 0.275. The minimum absolute atomic E-state index is 0.663. The summed E-state index contributed by atoms with van der Waals surface area (Å²) < 4.78 is 0. The normalized spacial score (nSPS) is 11.1. The van der Waals surface area contributed by atoms with Crippen LogP contribution in [-0.2, 0) is 0 Å². The zero-order valence-corrected chi connectivity index (χ0v) is 18.9. The number of benzene rings is 4. The van der Waals surface area contributed by atoms with Crippen molar-refractivity contribution in [1.29, 1.82) is 0 Å². The second kappa shape index (κ2) is 8.58. The SMILES string of the molecule is Clc1cc2nn(-c3ccc(-c4ccc(-c5cccnc5)cc4)cc3)nc2cc1-c1ccccc1. The van der Waals surface area contributed by atoms with E-state index in [1.54, 1.807) is 11.0 Å². The van der Waals surface area contributed by atoms with Crippen molar-refractivity contribution in [3.63, 3.8) is 0 Å². The van der Waals surface area contributed by atoms with Gasteiger partial charge in [0.1, 0.15) is 11.0 Å². The standard InChI is InChI=1S/C29H19ClN4/c30-27-18-29-28(17-26(27)23-5-2-1-3-6-23)32-34(33-29)25-14-12-21(13-15-25)20-8-10-22(11-9-20)24-7-4-16-31-19-24/h1-19H. The maximum Gasteiger partial charge on any atom is 0.115 e. The number of nitrogens with zero attached hydrogens (tertiary/aromatic N) is 4. The molecule has 0 unspecified atom stereocenters. The van der Waals surface area contributed by atoms with Gasteiger partial charge in [-0.15, -0.1) is 10.2 Å². The number of fused-ring (bicyclic) bond motifs is 1. The van der Waals surface area contributed by atoms with E-state index in [0.29, 0.717) is 5.02 Å². The largest absolute Gasteiger partial charge is 0.264 e. The van der Waals surface area contributed by atoms with E-state index in [1.165, 1.54) is 0 Å². The summed E-state index contributed by atoms with van der Waals surface area (Å²) in [7, 11) is 0. The molecule has 4 nitrogen and oxygen atoms in total. The molecule has 0 aliphatic rings. The molecule has 0 bridgehead atoms. The highest BCUT2D eigenvalue weighted by Gasteiger charge is 2.11. The number of hydrogen-bond donors (Lipinski definition) is 0. The summed E-state index contributed by atoms with van der Waals surface area (Å²) in [5, 5.41) is 10.0. The Kier molecular flexibility index (Phi) is 5.13. The summed E-state index contributed by atoms with van der Waals surface area (Å²) in [6.07, 6.45) is 3.66. The molecule has 4 aromatic carbocycles. The summed E-state index contributed by atoms with van der Waals surface area (Å²) in [6, 6.07) is 34.7. The fraction of sp³-hybridized carbons (Fsp3) is 0. The molecule has 2 aromatic heterocycles. The van der Waals surface area contributed by atoms with Crippen LogP contribution in [0.5, 0.6) is 0 Å². The van der Waals surface area contributed by atoms with Gasteiger partial charge in [0.25, 0.3) is 0 Å². The summed E-state index contributed by atoms with van der Waals surface area (Å²) in [5.74, 6) is 0. The molecular weight excluding hydrogens is 440 g/mol. The molecule has 0 fully saturated rings. The molecule has 6 aromatic rings. The van der Waals surface area contributed by atoms with Gasteiger partial charge in [0.15, 0.2) is 0 Å². The van der Waals surface area contributed by atoms with E-state index in [0.717, 1.165) is 50.1 Å². The lowest BCUT2D eigenvalue weighted by molar-refractivity contribution is 0.766. The molecule has 0 aliphatic carbocycles. The van der Waals surface area contributed by atoms with Crippen molar-refractivity contribution in [2.24, 2.45) is 0 Å². The van der Waals surface area contributed by atoms with Gasteiger partial charge < -0.3 is 0 Å². The molecule has 162 valence electrons. The Morgan fingerprint density at radius 2 is 1.15 bits per heavy atom. The number of hydrogen-bond acceptors (Lipinski definition) is 3. The fourth-order valence-electron chi connectivity index (χ4n) is 4.07. The smallest absolute Gasteiger partial charge is 0.115 e. The van der Waals surface area contributed by atoms with Crippen molar-refractivity contribution in [3.8, 4) is 39.1 Å². The van der Waals surface area contributed by atoms with E-state index < -0.39 is 0 Å². The first-order chi connectivity index (χ1) is 16.7. The Hall–Kier alpha value is -4.28. The van der Waals surface area contributed by atoms with Crippen LogP contribution < -0.4 is 0 Å². The predicted molar refractivity (Wildman–Crippen MR) is 138 cm³/mol. The summed E-state index contributed by atoms with van der Waals surface area (Å²) in [4.78, 5) is 5.86. The zero-order valence-electron chi connectivity index (χ0n) is 18.1. The van der Waals surface area contributed by atoms with Crippen LogP contribution in [0.25, 0.3) is 50.1 Å². The summed E-state index contributed by atoms with van der Waals surface area (Å²) in [5.41, 5.74) is 9.01. The van der Waals surface area contributed by atoms with E-state index in [1.807, 2.05) is 66.9 Å². The molecule has 34 heavy (non-hydrogen) atoms. The fourth-order valence-corrected chi connectivity index (χ4v) is 4.34. The molecule has 0 aliphatic heterocycles. The molecule has 0 atom stereocenters. The Bertz CT molecular complexity index is 1570. The second-order valence-corrected chi connectivity index (χ2v) is 8.45. The van der Waals surface area contributed by atoms with Crippen LogP contribution in [0.4, 0.5) is 0 Å². The third-order valence-corrected chi connectivity index (χ3v) is 6.18. The molecule has 0 radical (unpaired) electrons. The lowest BCUT2D eigenvalue weighted by Gasteiger charge is -2.06. The van der Waals surface area contributed by atoms with Gasteiger partial charge in [0.05, 0.1) is 10.7 Å². The summed E-state index contributed by atoms with van der Waals surface area (Å²) >= 11 is 6.55. The zero-order chi connectivity index (χ0) is 22.9. The third-order valence-electron chi connectivity index (χ3n) is 5.87. The van der Waals surface area contributed by atoms with Crippen molar-refractivity contribution in [1.82, 2.24) is 20.0 Å². The minimum Gasteiger partial charge on any atom is -0.264 e. The van der Waals surface area contributed by atoms with Gasteiger partial charge in [0.2, 0.25) is 0 Å². The van der Waals surface area contributed by atoms with Crippen LogP contribution in [0.2, 0.25) is 5.02 Å². The second-order valence-electron chi connectivity index (χ2n) is 8.04.